The highest BCUT2D eigenvalue weighted by Gasteiger charge is 2.51. The molecule has 0 fully saturated rings. The van der Waals surface area contributed by atoms with Gasteiger partial charge in [-0.3, -0.25) is 0 Å². The van der Waals surface area contributed by atoms with Gasteiger partial charge in [0.2, 0.25) is 11.8 Å². The Balaban J connectivity index is 1.28. The third kappa shape index (κ3) is 3.58. The van der Waals surface area contributed by atoms with E-state index in [2.05, 4.69) is 138 Å². The first-order chi connectivity index (χ1) is 23.3. The van der Waals surface area contributed by atoms with Gasteiger partial charge in [0.1, 0.15) is 11.5 Å². The fourth-order valence-electron chi connectivity index (χ4n) is 7.84. The van der Waals surface area contributed by atoms with Gasteiger partial charge < -0.3 is 9.15 Å². The molecule has 0 saturated carbocycles. The fourth-order valence-corrected chi connectivity index (χ4v) is 7.84. The number of hydrogen-bond acceptors (Lipinski definition) is 4. The van der Waals surface area contributed by atoms with Crippen molar-refractivity contribution in [3.63, 3.8) is 0 Å². The van der Waals surface area contributed by atoms with Crippen LogP contribution in [0.15, 0.2) is 162 Å². The minimum atomic E-state index is -0.546. The van der Waals surface area contributed by atoms with E-state index in [9.17, 15) is 0 Å². The maximum absolute atomic E-state index is 6.99. The van der Waals surface area contributed by atoms with Crippen LogP contribution in [0.3, 0.4) is 0 Å². The Kier molecular flexibility index (Phi) is 5.46. The van der Waals surface area contributed by atoms with E-state index >= 15 is 0 Å². The second-order valence-electron chi connectivity index (χ2n) is 12.1. The fraction of sp³-hybridized carbons (Fsp3) is 0.0233. The van der Waals surface area contributed by atoms with Crippen LogP contribution in [0.5, 0.6) is 11.5 Å². The SMILES string of the molecule is c1ccc(-c2nnc(-c3c(-c4cccc5c4Oc4ccccc4C54c5ccccc5-c5ccccc54)ccc4ccccc34)o2)cc1. The maximum atomic E-state index is 6.99. The first-order valence-electron chi connectivity index (χ1n) is 15.8. The zero-order valence-electron chi connectivity index (χ0n) is 25.2. The number of rotatable bonds is 3. The van der Waals surface area contributed by atoms with Gasteiger partial charge in [-0.2, -0.15) is 0 Å². The van der Waals surface area contributed by atoms with Gasteiger partial charge >= 0.3 is 0 Å². The monoisotopic (exact) mass is 602 g/mol. The predicted octanol–water partition coefficient (Wildman–Crippen LogP) is 10.7. The standard InChI is InChI=1S/C43H26N2O2/c1-2-14-28(15-3-1)41-44-45-42(47-41)39-29-16-5-4-13-27(29)25-26-32(39)33-19-12-23-37-40(33)46-38-24-11-10-22-36(38)43(37)34-20-8-6-17-30(34)31-18-7-9-21-35(31)43/h1-26H. The van der Waals surface area contributed by atoms with Crippen LogP contribution in [0.1, 0.15) is 22.3 Å². The molecule has 0 unspecified atom stereocenters. The summed E-state index contributed by atoms with van der Waals surface area (Å²) in [5.41, 5.74) is 10.4. The molecule has 1 aliphatic heterocycles. The Morgan fingerprint density at radius 2 is 1.04 bits per heavy atom. The lowest BCUT2D eigenvalue weighted by Gasteiger charge is -2.40. The molecule has 0 saturated heterocycles. The zero-order valence-corrected chi connectivity index (χ0v) is 25.2. The molecule has 0 radical (unpaired) electrons. The van der Waals surface area contributed by atoms with E-state index in [0.717, 1.165) is 55.7 Å². The van der Waals surface area contributed by atoms with Crippen molar-refractivity contribution in [2.75, 3.05) is 0 Å². The Labute approximate surface area is 271 Å². The minimum Gasteiger partial charge on any atom is -0.456 e. The molecule has 2 aliphatic rings. The van der Waals surface area contributed by atoms with Crippen molar-refractivity contribution in [2.45, 2.75) is 5.41 Å². The highest BCUT2D eigenvalue weighted by molar-refractivity contribution is 6.04. The van der Waals surface area contributed by atoms with Crippen molar-refractivity contribution in [1.29, 1.82) is 0 Å². The lowest BCUT2D eigenvalue weighted by atomic mass is 9.65. The summed E-state index contributed by atoms with van der Waals surface area (Å²) in [6, 6.07) is 55.2. The summed E-state index contributed by atoms with van der Waals surface area (Å²) in [4.78, 5) is 0. The highest BCUT2D eigenvalue weighted by atomic mass is 16.5. The average Bonchev–Trinajstić information content (AvgIpc) is 3.74. The Bertz CT molecular complexity index is 2470. The van der Waals surface area contributed by atoms with Crippen molar-refractivity contribution in [2.24, 2.45) is 0 Å². The van der Waals surface area contributed by atoms with Crippen molar-refractivity contribution >= 4 is 10.8 Å². The number of aromatic nitrogens is 2. The molecule has 0 amide bonds. The molecule has 0 atom stereocenters. The third-order valence-electron chi connectivity index (χ3n) is 9.75. The van der Waals surface area contributed by atoms with E-state index in [1.54, 1.807) is 0 Å². The zero-order chi connectivity index (χ0) is 31.0. The van der Waals surface area contributed by atoms with Crippen molar-refractivity contribution in [1.82, 2.24) is 10.2 Å². The maximum Gasteiger partial charge on any atom is 0.249 e. The Morgan fingerprint density at radius 1 is 0.426 bits per heavy atom. The van der Waals surface area contributed by atoms with Gasteiger partial charge in [0.05, 0.1) is 11.0 Å². The van der Waals surface area contributed by atoms with Gasteiger partial charge in [-0.05, 0) is 56.8 Å². The highest BCUT2D eigenvalue weighted by Crippen LogP contribution is 2.63. The second kappa shape index (κ2) is 9.87. The van der Waals surface area contributed by atoms with E-state index in [4.69, 9.17) is 9.15 Å². The van der Waals surface area contributed by atoms with E-state index in [1.807, 2.05) is 30.3 Å². The first kappa shape index (κ1) is 26.0. The van der Waals surface area contributed by atoms with E-state index in [0.29, 0.717) is 11.8 Å². The molecule has 1 aliphatic carbocycles. The van der Waals surface area contributed by atoms with Crippen molar-refractivity contribution in [3.8, 4) is 56.7 Å². The molecule has 1 aromatic heterocycles. The van der Waals surface area contributed by atoms with Gasteiger partial charge in [0.15, 0.2) is 0 Å². The lowest BCUT2D eigenvalue weighted by molar-refractivity contribution is 0.438. The molecular formula is C43H26N2O2. The number of hydrogen-bond donors (Lipinski definition) is 0. The van der Waals surface area contributed by atoms with Crippen molar-refractivity contribution < 1.29 is 9.15 Å². The van der Waals surface area contributed by atoms with Crippen LogP contribution in [0.2, 0.25) is 0 Å². The quantitative estimate of drug-likeness (QED) is 0.202. The normalized spacial score (nSPS) is 13.4. The molecule has 0 N–H and O–H groups in total. The van der Waals surface area contributed by atoms with Crippen LogP contribution in [-0.4, -0.2) is 10.2 Å². The van der Waals surface area contributed by atoms with Gasteiger partial charge in [0, 0.05) is 22.3 Å². The molecule has 10 rings (SSSR count). The summed E-state index contributed by atoms with van der Waals surface area (Å²) < 4.78 is 13.4. The third-order valence-corrected chi connectivity index (χ3v) is 9.75. The molecule has 1 spiro atoms. The predicted molar refractivity (Wildman–Crippen MR) is 185 cm³/mol. The van der Waals surface area contributed by atoms with Gasteiger partial charge in [0.25, 0.3) is 0 Å². The Morgan fingerprint density at radius 3 is 1.85 bits per heavy atom. The average molecular weight is 603 g/mol. The van der Waals surface area contributed by atoms with Crippen LogP contribution < -0.4 is 4.74 Å². The molecule has 47 heavy (non-hydrogen) atoms. The number of benzene rings is 7. The number of ether oxygens (including phenoxy) is 1. The molecule has 4 nitrogen and oxygen atoms in total. The molecule has 4 heteroatoms. The summed E-state index contributed by atoms with van der Waals surface area (Å²) in [7, 11) is 0. The van der Waals surface area contributed by atoms with Crippen LogP contribution in [0.25, 0.3) is 55.9 Å². The minimum absolute atomic E-state index is 0.468. The number of para-hydroxylation sites is 2. The summed E-state index contributed by atoms with van der Waals surface area (Å²) in [5.74, 6) is 2.64. The largest absolute Gasteiger partial charge is 0.456 e. The molecule has 8 aromatic rings. The molecular weight excluding hydrogens is 576 g/mol. The summed E-state index contributed by atoms with van der Waals surface area (Å²) in [6.07, 6.45) is 0. The van der Waals surface area contributed by atoms with Gasteiger partial charge in [-0.1, -0.05) is 140 Å². The summed E-state index contributed by atoms with van der Waals surface area (Å²) >= 11 is 0. The molecule has 0 bridgehead atoms. The molecule has 2 heterocycles. The van der Waals surface area contributed by atoms with Crippen molar-refractivity contribution in [3.05, 3.63) is 180 Å². The Hall–Kier alpha value is -6.26. The second-order valence-corrected chi connectivity index (χ2v) is 12.1. The first-order valence-corrected chi connectivity index (χ1v) is 15.8. The van der Waals surface area contributed by atoms with Crippen LogP contribution in [0.4, 0.5) is 0 Å². The van der Waals surface area contributed by atoms with Gasteiger partial charge in [-0.25, -0.2) is 0 Å². The van der Waals surface area contributed by atoms with Crippen LogP contribution in [-0.2, 0) is 5.41 Å². The topological polar surface area (TPSA) is 48.2 Å². The number of fused-ring (bicyclic) bond motifs is 10. The van der Waals surface area contributed by atoms with E-state index < -0.39 is 5.41 Å². The molecule has 220 valence electrons. The lowest BCUT2D eigenvalue weighted by Crippen LogP contribution is -2.32. The van der Waals surface area contributed by atoms with Crippen LogP contribution >= 0.6 is 0 Å². The number of nitrogens with zero attached hydrogens (tertiary/aromatic N) is 2. The van der Waals surface area contributed by atoms with E-state index in [-0.39, 0.29) is 0 Å². The molecule has 7 aromatic carbocycles. The summed E-state index contributed by atoms with van der Waals surface area (Å²) in [5, 5.41) is 11.2. The smallest absolute Gasteiger partial charge is 0.249 e. The van der Waals surface area contributed by atoms with Crippen LogP contribution in [0, 0.1) is 0 Å². The van der Waals surface area contributed by atoms with Gasteiger partial charge in [-0.15, -0.1) is 10.2 Å². The summed E-state index contributed by atoms with van der Waals surface area (Å²) in [6.45, 7) is 0. The van der Waals surface area contributed by atoms with E-state index in [1.165, 1.54) is 22.3 Å².